The number of allylic oxidation sites excluding steroid dienone is 1. The first-order valence-electron chi connectivity index (χ1n) is 30.0. The number of aliphatic hydroxyl groups excluding tert-OH is 2. The summed E-state index contributed by atoms with van der Waals surface area (Å²) in [5.74, 6) is -0.0756. The number of hydrogen-bond acceptors (Lipinski definition) is 5. The monoisotopic (exact) mass is 932 g/mol. The summed E-state index contributed by atoms with van der Waals surface area (Å²) in [5.41, 5.74) is 0. The summed E-state index contributed by atoms with van der Waals surface area (Å²) in [7, 11) is 0. The number of amides is 1. The molecule has 2 unspecified atom stereocenters. The smallest absolute Gasteiger partial charge is 0.305 e. The lowest BCUT2D eigenvalue weighted by molar-refractivity contribution is -0.143. The highest BCUT2D eigenvalue weighted by molar-refractivity contribution is 5.76. The Morgan fingerprint density at radius 3 is 1.03 bits per heavy atom. The van der Waals surface area contributed by atoms with Crippen molar-refractivity contribution in [1.29, 1.82) is 0 Å². The molecule has 0 aliphatic rings. The van der Waals surface area contributed by atoms with Gasteiger partial charge < -0.3 is 20.3 Å². The van der Waals surface area contributed by atoms with E-state index in [0.29, 0.717) is 19.4 Å². The molecule has 0 aromatic rings. The molecule has 1 amide bonds. The second-order valence-electron chi connectivity index (χ2n) is 20.7. The van der Waals surface area contributed by atoms with Crippen LogP contribution in [0.2, 0.25) is 0 Å². The van der Waals surface area contributed by atoms with Crippen molar-refractivity contribution in [2.24, 2.45) is 0 Å². The van der Waals surface area contributed by atoms with Crippen molar-refractivity contribution in [2.45, 2.75) is 347 Å². The van der Waals surface area contributed by atoms with Gasteiger partial charge in [0.25, 0.3) is 0 Å². The molecule has 0 bridgehead atoms. The third-order valence-electron chi connectivity index (χ3n) is 14.1. The zero-order chi connectivity index (χ0) is 47.9. The maximum atomic E-state index is 12.5. The maximum absolute atomic E-state index is 12.5. The van der Waals surface area contributed by atoms with Crippen molar-refractivity contribution < 1.29 is 24.5 Å². The minimum Gasteiger partial charge on any atom is -0.466 e. The fourth-order valence-electron chi connectivity index (χ4n) is 9.46. The highest BCUT2D eigenvalue weighted by Crippen LogP contribution is 2.18. The summed E-state index contributed by atoms with van der Waals surface area (Å²) in [5, 5.41) is 23.2. The summed E-state index contributed by atoms with van der Waals surface area (Å²) < 4.78 is 5.47. The molecule has 0 saturated heterocycles. The molecule has 392 valence electrons. The normalized spacial score (nSPS) is 12.6. The van der Waals surface area contributed by atoms with Crippen LogP contribution in [-0.2, 0) is 14.3 Å². The van der Waals surface area contributed by atoms with Crippen LogP contribution >= 0.6 is 0 Å². The second kappa shape index (κ2) is 56.2. The molecule has 3 N–H and O–H groups in total. The van der Waals surface area contributed by atoms with Crippen molar-refractivity contribution in [3.63, 3.8) is 0 Å². The van der Waals surface area contributed by atoms with Crippen molar-refractivity contribution in [3.05, 3.63) is 12.2 Å². The van der Waals surface area contributed by atoms with Gasteiger partial charge in [-0.05, 0) is 32.1 Å². The number of hydrogen-bond donors (Lipinski definition) is 3. The topological polar surface area (TPSA) is 95.9 Å². The Morgan fingerprint density at radius 2 is 0.697 bits per heavy atom. The summed E-state index contributed by atoms with van der Waals surface area (Å²) in [6, 6.07) is -0.636. The van der Waals surface area contributed by atoms with Gasteiger partial charge in [0.05, 0.1) is 25.4 Å². The Hall–Kier alpha value is -1.40. The molecule has 0 fully saturated rings. The Balaban J connectivity index is 3.46. The van der Waals surface area contributed by atoms with Crippen LogP contribution in [-0.4, -0.2) is 47.4 Å². The van der Waals surface area contributed by atoms with E-state index in [-0.39, 0.29) is 18.5 Å². The van der Waals surface area contributed by atoms with Crippen LogP contribution in [0.3, 0.4) is 0 Å². The molecule has 0 aromatic carbocycles. The van der Waals surface area contributed by atoms with Gasteiger partial charge in [0, 0.05) is 12.8 Å². The van der Waals surface area contributed by atoms with E-state index >= 15 is 0 Å². The van der Waals surface area contributed by atoms with Gasteiger partial charge in [-0.25, -0.2) is 0 Å². The number of unbranched alkanes of at least 4 members (excludes halogenated alkanes) is 45. The van der Waals surface area contributed by atoms with E-state index < -0.39 is 12.1 Å². The molecular weight excluding hydrogens is 815 g/mol. The summed E-state index contributed by atoms with van der Waals surface area (Å²) in [6.45, 7) is 4.91. The third kappa shape index (κ3) is 52.0. The van der Waals surface area contributed by atoms with Gasteiger partial charge in [-0.1, -0.05) is 302 Å². The summed E-state index contributed by atoms with van der Waals surface area (Å²) in [6.07, 6.45) is 66.6. The number of carbonyl (C=O) groups is 2. The van der Waals surface area contributed by atoms with Crippen LogP contribution < -0.4 is 5.32 Å². The molecule has 0 aliphatic carbocycles. The molecule has 0 rings (SSSR count). The molecule has 2 atom stereocenters. The number of ether oxygens (including phenoxy) is 1. The highest BCUT2D eigenvalue weighted by Gasteiger charge is 2.18. The molecule has 0 aliphatic heterocycles. The fraction of sp³-hybridized carbons (Fsp3) is 0.933. The van der Waals surface area contributed by atoms with Gasteiger partial charge in [0.1, 0.15) is 0 Å². The van der Waals surface area contributed by atoms with Gasteiger partial charge in [-0.3, -0.25) is 9.59 Å². The lowest BCUT2D eigenvalue weighted by Gasteiger charge is -2.20. The van der Waals surface area contributed by atoms with Gasteiger partial charge in [-0.2, -0.15) is 0 Å². The van der Waals surface area contributed by atoms with Gasteiger partial charge in [0.2, 0.25) is 5.91 Å². The zero-order valence-electron chi connectivity index (χ0n) is 44.7. The number of rotatable bonds is 56. The molecule has 66 heavy (non-hydrogen) atoms. The lowest BCUT2D eigenvalue weighted by Crippen LogP contribution is -2.45. The van der Waals surface area contributed by atoms with Crippen LogP contribution in [0.1, 0.15) is 335 Å². The first-order valence-corrected chi connectivity index (χ1v) is 30.0. The minimum atomic E-state index is -0.851. The molecule has 6 heteroatoms. The second-order valence-corrected chi connectivity index (χ2v) is 20.7. The summed E-state index contributed by atoms with van der Waals surface area (Å²) >= 11 is 0. The first kappa shape index (κ1) is 64.6. The molecular formula is C60H117NO5. The first-order chi connectivity index (χ1) is 32.5. The van der Waals surface area contributed by atoms with Crippen LogP contribution in [0.15, 0.2) is 12.2 Å². The van der Waals surface area contributed by atoms with Crippen molar-refractivity contribution in [1.82, 2.24) is 5.32 Å². The van der Waals surface area contributed by atoms with E-state index in [0.717, 1.165) is 57.8 Å². The Labute approximate surface area is 412 Å². The average molecular weight is 933 g/mol. The van der Waals surface area contributed by atoms with E-state index in [2.05, 4.69) is 19.2 Å². The maximum Gasteiger partial charge on any atom is 0.305 e. The van der Waals surface area contributed by atoms with Crippen LogP contribution in [0.4, 0.5) is 0 Å². The molecule has 6 nitrogen and oxygen atoms in total. The molecule has 0 radical (unpaired) electrons. The van der Waals surface area contributed by atoms with Crippen molar-refractivity contribution >= 4 is 11.9 Å². The predicted molar refractivity (Wildman–Crippen MR) is 287 cm³/mol. The zero-order valence-corrected chi connectivity index (χ0v) is 44.7. The van der Waals surface area contributed by atoms with Crippen molar-refractivity contribution in [3.8, 4) is 0 Å². The number of carbonyl (C=O) groups excluding carboxylic acids is 2. The van der Waals surface area contributed by atoms with Crippen LogP contribution in [0.25, 0.3) is 0 Å². The largest absolute Gasteiger partial charge is 0.466 e. The third-order valence-corrected chi connectivity index (χ3v) is 14.1. The SMILES string of the molecule is CCCCCCCCCCCCCCCCCCCCCC/C=C/C(O)C(CO)NC(=O)CCCCCCCCCCCCCCCCOC(=O)CCCCCCCCCCCCCCC. The average Bonchev–Trinajstić information content (AvgIpc) is 3.32. The molecule has 0 aromatic heterocycles. The Morgan fingerprint density at radius 1 is 0.409 bits per heavy atom. The van der Waals surface area contributed by atoms with Gasteiger partial charge in [0.15, 0.2) is 0 Å². The standard InChI is InChI=1S/C60H117NO5/c1-3-5-7-9-11-13-15-17-18-19-20-21-22-23-24-25-29-32-36-40-44-48-52-58(63)57(56-62)61-59(64)53-49-45-41-37-33-30-26-27-31-35-39-43-47-51-55-66-60(65)54-50-46-42-38-34-28-16-14-12-10-8-6-4-2/h48,52,57-58,62-63H,3-47,49-51,53-56H2,1-2H3,(H,61,64)/b52-48+. The molecule has 0 heterocycles. The van der Waals surface area contributed by atoms with Crippen LogP contribution in [0, 0.1) is 0 Å². The lowest BCUT2D eigenvalue weighted by atomic mass is 10.0. The van der Waals surface area contributed by atoms with Gasteiger partial charge in [-0.15, -0.1) is 0 Å². The molecule has 0 saturated carbocycles. The van der Waals surface area contributed by atoms with Crippen LogP contribution in [0.5, 0.6) is 0 Å². The Bertz CT molecular complexity index is 986. The van der Waals surface area contributed by atoms with E-state index in [4.69, 9.17) is 4.74 Å². The van der Waals surface area contributed by atoms with Crippen molar-refractivity contribution in [2.75, 3.05) is 13.2 Å². The molecule has 0 spiro atoms. The Kier molecular flexibility index (Phi) is 55.0. The number of nitrogens with one attached hydrogen (secondary N) is 1. The van der Waals surface area contributed by atoms with Gasteiger partial charge >= 0.3 is 5.97 Å². The minimum absolute atomic E-state index is 0.000985. The van der Waals surface area contributed by atoms with E-state index in [1.165, 1.54) is 250 Å². The van der Waals surface area contributed by atoms with E-state index in [1.807, 2.05) is 6.08 Å². The number of aliphatic hydroxyl groups is 2. The predicted octanol–water partition coefficient (Wildman–Crippen LogP) is 18.5. The van der Waals surface area contributed by atoms with E-state index in [1.54, 1.807) is 6.08 Å². The quantitative estimate of drug-likeness (QED) is 0.0321. The van der Waals surface area contributed by atoms with E-state index in [9.17, 15) is 19.8 Å². The highest BCUT2D eigenvalue weighted by atomic mass is 16.5. The summed E-state index contributed by atoms with van der Waals surface area (Å²) in [4.78, 5) is 24.5. The number of esters is 1. The fourth-order valence-corrected chi connectivity index (χ4v) is 9.46.